The lowest BCUT2D eigenvalue weighted by molar-refractivity contribution is 0.00187. The Labute approximate surface area is 116 Å². The van der Waals surface area contributed by atoms with E-state index in [0.717, 1.165) is 45.5 Å². The number of benzene rings is 1. The highest BCUT2D eigenvalue weighted by Gasteiger charge is 2.17. The molecule has 0 amide bonds. The number of piperidine rings is 1. The second-order valence-corrected chi connectivity index (χ2v) is 5.44. The highest BCUT2D eigenvalue weighted by molar-refractivity contribution is 5.26. The Morgan fingerprint density at radius 1 is 1.21 bits per heavy atom. The summed E-state index contributed by atoms with van der Waals surface area (Å²) >= 11 is 0. The number of likely N-dealkylation sites (N-methyl/N-ethyl adjacent to an activating group) is 1. The van der Waals surface area contributed by atoms with Gasteiger partial charge >= 0.3 is 0 Å². The Morgan fingerprint density at radius 3 is 2.58 bits per heavy atom. The standard InChI is InChI=1S/C16H26N2O/c1-17-10-7-14-5-3-4-6-15(14)13-19-16-8-11-18(2)12-9-16/h3-6,16-17H,7-13H2,1-2H3. The minimum absolute atomic E-state index is 0.438. The topological polar surface area (TPSA) is 24.5 Å². The van der Waals surface area contributed by atoms with E-state index >= 15 is 0 Å². The number of nitrogens with one attached hydrogen (secondary N) is 1. The number of rotatable bonds is 6. The van der Waals surface area contributed by atoms with Gasteiger partial charge in [0.25, 0.3) is 0 Å². The zero-order valence-corrected chi connectivity index (χ0v) is 12.2. The van der Waals surface area contributed by atoms with Gasteiger partial charge < -0.3 is 15.0 Å². The first-order chi connectivity index (χ1) is 9.29. The van der Waals surface area contributed by atoms with Crippen LogP contribution in [-0.2, 0) is 17.8 Å². The molecule has 1 aliphatic rings. The average Bonchev–Trinajstić information content (AvgIpc) is 2.45. The van der Waals surface area contributed by atoms with Crippen LogP contribution < -0.4 is 5.32 Å². The van der Waals surface area contributed by atoms with E-state index in [0.29, 0.717) is 6.10 Å². The Hall–Kier alpha value is -0.900. The van der Waals surface area contributed by atoms with Crippen molar-refractivity contribution >= 4 is 0 Å². The molecule has 3 nitrogen and oxygen atoms in total. The summed E-state index contributed by atoms with van der Waals surface area (Å²) in [4.78, 5) is 2.38. The first-order valence-corrected chi connectivity index (χ1v) is 7.31. The van der Waals surface area contributed by atoms with Gasteiger partial charge in [0, 0.05) is 13.1 Å². The summed E-state index contributed by atoms with van der Waals surface area (Å²) in [6.45, 7) is 4.09. The van der Waals surface area contributed by atoms with Crippen molar-refractivity contribution in [3.05, 3.63) is 35.4 Å². The zero-order chi connectivity index (χ0) is 13.5. The molecule has 1 heterocycles. The molecule has 1 fully saturated rings. The first-order valence-electron chi connectivity index (χ1n) is 7.31. The predicted molar refractivity (Wildman–Crippen MR) is 79.4 cm³/mol. The van der Waals surface area contributed by atoms with Crippen LogP contribution in [0.25, 0.3) is 0 Å². The number of nitrogens with zero attached hydrogens (tertiary/aromatic N) is 1. The summed E-state index contributed by atoms with van der Waals surface area (Å²) in [5.74, 6) is 0. The molecule has 0 unspecified atom stereocenters. The molecule has 0 saturated carbocycles. The van der Waals surface area contributed by atoms with E-state index < -0.39 is 0 Å². The largest absolute Gasteiger partial charge is 0.373 e. The molecule has 0 atom stereocenters. The van der Waals surface area contributed by atoms with Crippen molar-refractivity contribution in [1.29, 1.82) is 0 Å². The highest BCUT2D eigenvalue weighted by Crippen LogP contribution is 2.16. The van der Waals surface area contributed by atoms with Crippen molar-refractivity contribution in [3.8, 4) is 0 Å². The van der Waals surface area contributed by atoms with Crippen LogP contribution in [0.5, 0.6) is 0 Å². The third kappa shape index (κ3) is 4.60. The van der Waals surface area contributed by atoms with Crippen LogP contribution in [-0.4, -0.2) is 44.7 Å². The van der Waals surface area contributed by atoms with Gasteiger partial charge in [-0.2, -0.15) is 0 Å². The van der Waals surface area contributed by atoms with Crippen molar-refractivity contribution in [3.63, 3.8) is 0 Å². The van der Waals surface area contributed by atoms with E-state index in [1.165, 1.54) is 11.1 Å². The second kappa shape index (κ2) is 7.63. The van der Waals surface area contributed by atoms with Crippen LogP contribution in [0.3, 0.4) is 0 Å². The van der Waals surface area contributed by atoms with E-state index in [-0.39, 0.29) is 0 Å². The van der Waals surface area contributed by atoms with Crippen molar-refractivity contribution in [2.24, 2.45) is 0 Å². The number of likely N-dealkylation sites (tertiary alicyclic amines) is 1. The molecule has 1 N–H and O–H groups in total. The summed E-state index contributed by atoms with van der Waals surface area (Å²) in [6.07, 6.45) is 3.84. The Kier molecular flexibility index (Phi) is 5.83. The lowest BCUT2D eigenvalue weighted by Crippen LogP contribution is -2.34. The fourth-order valence-electron chi connectivity index (χ4n) is 2.56. The molecule has 1 saturated heterocycles. The molecule has 19 heavy (non-hydrogen) atoms. The van der Waals surface area contributed by atoms with Crippen LogP contribution in [0.4, 0.5) is 0 Å². The van der Waals surface area contributed by atoms with Gasteiger partial charge in [0.1, 0.15) is 0 Å². The minimum Gasteiger partial charge on any atom is -0.373 e. The van der Waals surface area contributed by atoms with Crippen LogP contribution >= 0.6 is 0 Å². The molecule has 2 rings (SSSR count). The molecule has 1 aliphatic heterocycles. The summed E-state index contributed by atoms with van der Waals surface area (Å²) in [7, 11) is 4.18. The van der Waals surface area contributed by atoms with Crippen LogP contribution in [0.15, 0.2) is 24.3 Å². The molecule has 1 aromatic carbocycles. The Bertz CT molecular complexity index is 373. The smallest absolute Gasteiger partial charge is 0.0723 e. The van der Waals surface area contributed by atoms with Gasteiger partial charge in [0.2, 0.25) is 0 Å². The van der Waals surface area contributed by atoms with Crippen molar-refractivity contribution in [2.45, 2.75) is 32.0 Å². The predicted octanol–water partition coefficient (Wildman–Crippen LogP) is 2.06. The van der Waals surface area contributed by atoms with Crippen molar-refractivity contribution in [2.75, 3.05) is 33.7 Å². The minimum atomic E-state index is 0.438. The maximum Gasteiger partial charge on any atom is 0.0723 e. The van der Waals surface area contributed by atoms with Gasteiger partial charge in [-0.25, -0.2) is 0 Å². The average molecular weight is 262 g/mol. The number of hydrogen-bond donors (Lipinski definition) is 1. The number of hydrogen-bond acceptors (Lipinski definition) is 3. The van der Waals surface area contributed by atoms with Gasteiger partial charge in [-0.1, -0.05) is 24.3 Å². The monoisotopic (exact) mass is 262 g/mol. The molecule has 0 spiro atoms. The highest BCUT2D eigenvalue weighted by atomic mass is 16.5. The van der Waals surface area contributed by atoms with Gasteiger partial charge in [0.15, 0.2) is 0 Å². The fourth-order valence-corrected chi connectivity index (χ4v) is 2.56. The molecular weight excluding hydrogens is 236 g/mol. The van der Waals surface area contributed by atoms with Gasteiger partial charge in [-0.15, -0.1) is 0 Å². The quantitative estimate of drug-likeness (QED) is 0.849. The third-order valence-corrected chi connectivity index (χ3v) is 3.90. The SMILES string of the molecule is CNCCc1ccccc1COC1CCN(C)CC1. The van der Waals surface area contributed by atoms with Crippen LogP contribution in [0.1, 0.15) is 24.0 Å². The summed E-state index contributed by atoms with van der Waals surface area (Å²) in [5.41, 5.74) is 2.75. The fraction of sp³-hybridized carbons (Fsp3) is 0.625. The molecule has 0 aliphatic carbocycles. The maximum atomic E-state index is 6.09. The van der Waals surface area contributed by atoms with E-state index in [1.807, 2.05) is 7.05 Å². The second-order valence-electron chi connectivity index (χ2n) is 5.44. The Balaban J connectivity index is 1.84. The van der Waals surface area contributed by atoms with Gasteiger partial charge in [-0.05, 0) is 51.0 Å². The number of ether oxygens (including phenoxy) is 1. The molecular formula is C16H26N2O. The zero-order valence-electron chi connectivity index (χ0n) is 12.2. The Morgan fingerprint density at radius 2 is 1.89 bits per heavy atom. The lowest BCUT2D eigenvalue weighted by Gasteiger charge is -2.29. The maximum absolute atomic E-state index is 6.09. The first kappa shape index (κ1) is 14.5. The van der Waals surface area contributed by atoms with E-state index in [2.05, 4.69) is 41.5 Å². The molecule has 1 aromatic rings. The van der Waals surface area contributed by atoms with Crippen LogP contribution in [0, 0.1) is 0 Å². The molecule has 3 heteroatoms. The lowest BCUT2D eigenvalue weighted by atomic mass is 10.0. The van der Waals surface area contributed by atoms with Gasteiger partial charge in [0.05, 0.1) is 12.7 Å². The summed E-state index contributed by atoms with van der Waals surface area (Å²) in [6, 6.07) is 8.63. The van der Waals surface area contributed by atoms with Crippen molar-refractivity contribution < 1.29 is 4.74 Å². The van der Waals surface area contributed by atoms with Crippen molar-refractivity contribution in [1.82, 2.24) is 10.2 Å². The van der Waals surface area contributed by atoms with Gasteiger partial charge in [-0.3, -0.25) is 0 Å². The molecule has 0 bridgehead atoms. The molecule has 0 aromatic heterocycles. The van der Waals surface area contributed by atoms with E-state index in [4.69, 9.17) is 4.74 Å². The molecule has 0 radical (unpaired) electrons. The third-order valence-electron chi connectivity index (χ3n) is 3.90. The van der Waals surface area contributed by atoms with E-state index in [9.17, 15) is 0 Å². The summed E-state index contributed by atoms with van der Waals surface area (Å²) in [5, 5.41) is 3.21. The normalized spacial score (nSPS) is 17.8. The molecule has 106 valence electrons. The van der Waals surface area contributed by atoms with E-state index in [1.54, 1.807) is 0 Å². The van der Waals surface area contributed by atoms with Crippen LogP contribution in [0.2, 0.25) is 0 Å². The summed E-state index contributed by atoms with van der Waals surface area (Å²) < 4.78 is 6.09.